The molecule has 2 aliphatic rings. The number of amides is 2. The van der Waals surface area contributed by atoms with Crippen LogP contribution in [0.3, 0.4) is 0 Å². The number of rotatable bonds is 6. The van der Waals surface area contributed by atoms with Crippen molar-refractivity contribution in [3.63, 3.8) is 0 Å². The van der Waals surface area contributed by atoms with E-state index in [1.807, 2.05) is 0 Å². The molecule has 2 rings (SSSR count). The summed E-state index contributed by atoms with van der Waals surface area (Å²) in [5.41, 5.74) is 0. The van der Waals surface area contributed by atoms with Gasteiger partial charge in [-0.25, -0.2) is 4.79 Å². The summed E-state index contributed by atoms with van der Waals surface area (Å²) >= 11 is 0. The zero-order chi connectivity index (χ0) is 18.1. The van der Waals surface area contributed by atoms with Crippen molar-refractivity contribution in [1.29, 1.82) is 0 Å². The lowest BCUT2D eigenvalue weighted by atomic mass is 9.98. The maximum absolute atomic E-state index is 12.5. The van der Waals surface area contributed by atoms with Gasteiger partial charge in [-0.05, 0) is 25.7 Å². The number of halogens is 3. The topological polar surface area (TPSA) is 44.8 Å². The number of ether oxygens (including phenoxy) is 1. The molecule has 0 bridgehead atoms. The first-order valence-electron chi connectivity index (χ1n) is 9.37. The number of hydrogen-bond acceptors (Lipinski definition) is 3. The summed E-state index contributed by atoms with van der Waals surface area (Å²) in [6, 6.07) is -0.188. The van der Waals surface area contributed by atoms with E-state index in [9.17, 15) is 18.0 Å². The van der Waals surface area contributed by atoms with Crippen LogP contribution in [-0.4, -0.2) is 74.0 Å². The fourth-order valence-corrected chi connectivity index (χ4v) is 3.45. The van der Waals surface area contributed by atoms with Crippen LogP contribution in [0.15, 0.2) is 0 Å². The molecule has 0 aromatic carbocycles. The van der Waals surface area contributed by atoms with Crippen LogP contribution in [0.5, 0.6) is 0 Å². The van der Waals surface area contributed by atoms with Crippen molar-refractivity contribution in [3.8, 4) is 0 Å². The molecule has 0 atom stereocenters. The zero-order valence-electron chi connectivity index (χ0n) is 14.8. The van der Waals surface area contributed by atoms with E-state index in [-0.39, 0.29) is 12.6 Å². The standard InChI is InChI=1S/C17H30F3N3O2/c18-17(19,20)14-22-9-5-10-23(12-11-22)16(24)21-8-4-13-25-15-6-2-1-3-7-15/h15H,1-14H2,(H,21,24). The average molecular weight is 365 g/mol. The Balaban J connectivity index is 1.57. The number of carbonyl (C=O) groups is 1. The van der Waals surface area contributed by atoms with Gasteiger partial charge in [-0.1, -0.05) is 19.3 Å². The molecule has 0 spiro atoms. The minimum atomic E-state index is -4.18. The normalized spacial score (nSPS) is 21.2. The first-order valence-corrected chi connectivity index (χ1v) is 9.37. The lowest BCUT2D eigenvalue weighted by Crippen LogP contribution is -2.43. The number of nitrogens with zero attached hydrogens (tertiary/aromatic N) is 2. The second-order valence-electron chi connectivity index (χ2n) is 6.95. The third-order valence-corrected chi connectivity index (χ3v) is 4.78. The van der Waals surface area contributed by atoms with E-state index in [0.717, 1.165) is 19.3 Å². The number of hydrogen-bond donors (Lipinski definition) is 1. The molecule has 25 heavy (non-hydrogen) atoms. The van der Waals surface area contributed by atoms with Crippen LogP contribution in [-0.2, 0) is 4.74 Å². The molecular formula is C17H30F3N3O2. The van der Waals surface area contributed by atoms with Crippen molar-refractivity contribution >= 4 is 6.03 Å². The summed E-state index contributed by atoms with van der Waals surface area (Å²) in [6.07, 6.45) is 3.55. The lowest BCUT2D eigenvalue weighted by Gasteiger charge is -2.23. The van der Waals surface area contributed by atoms with Crippen molar-refractivity contribution < 1.29 is 22.7 Å². The van der Waals surface area contributed by atoms with Crippen molar-refractivity contribution in [3.05, 3.63) is 0 Å². The highest BCUT2D eigenvalue weighted by molar-refractivity contribution is 5.74. The predicted octanol–water partition coefficient (Wildman–Crippen LogP) is 3.01. The Morgan fingerprint density at radius 2 is 1.80 bits per heavy atom. The van der Waals surface area contributed by atoms with Gasteiger partial charge in [-0.2, -0.15) is 13.2 Å². The summed E-state index contributed by atoms with van der Waals surface area (Å²) in [5.74, 6) is 0. The van der Waals surface area contributed by atoms with Crippen LogP contribution >= 0.6 is 0 Å². The molecular weight excluding hydrogens is 335 g/mol. The van der Waals surface area contributed by atoms with E-state index in [0.29, 0.717) is 45.3 Å². The van der Waals surface area contributed by atoms with Gasteiger partial charge >= 0.3 is 12.2 Å². The first-order chi connectivity index (χ1) is 11.9. The molecule has 0 unspecified atom stereocenters. The van der Waals surface area contributed by atoms with Gasteiger partial charge in [0.05, 0.1) is 12.6 Å². The molecule has 2 amide bonds. The van der Waals surface area contributed by atoms with Gasteiger partial charge < -0.3 is 15.0 Å². The second kappa shape index (κ2) is 10.2. The Bertz CT molecular complexity index is 401. The third kappa shape index (κ3) is 8.27. The Labute approximate surface area is 147 Å². The number of carbonyl (C=O) groups excluding carboxylic acids is 1. The van der Waals surface area contributed by atoms with Crippen molar-refractivity contribution in [2.24, 2.45) is 0 Å². The van der Waals surface area contributed by atoms with Crippen LogP contribution in [0.1, 0.15) is 44.9 Å². The summed E-state index contributed by atoms with van der Waals surface area (Å²) < 4.78 is 43.2. The molecule has 0 radical (unpaired) electrons. The third-order valence-electron chi connectivity index (χ3n) is 4.78. The minimum Gasteiger partial charge on any atom is -0.378 e. The molecule has 8 heteroatoms. The monoisotopic (exact) mass is 365 g/mol. The summed E-state index contributed by atoms with van der Waals surface area (Å²) in [5, 5.41) is 2.85. The highest BCUT2D eigenvalue weighted by atomic mass is 19.4. The van der Waals surface area contributed by atoms with Gasteiger partial charge in [0.1, 0.15) is 0 Å². The van der Waals surface area contributed by atoms with E-state index in [4.69, 9.17) is 4.74 Å². The Kier molecular flexibility index (Phi) is 8.29. The SMILES string of the molecule is O=C(NCCCOC1CCCCC1)N1CCCN(CC(F)(F)F)CC1. The van der Waals surface area contributed by atoms with Gasteiger partial charge in [0, 0.05) is 39.3 Å². The van der Waals surface area contributed by atoms with Gasteiger partial charge in [0.2, 0.25) is 0 Å². The average Bonchev–Trinajstić information content (AvgIpc) is 2.79. The first kappa shape index (κ1) is 20.3. The molecule has 1 saturated heterocycles. The van der Waals surface area contributed by atoms with Crippen LogP contribution in [0.25, 0.3) is 0 Å². The molecule has 1 aliphatic carbocycles. The highest BCUT2D eigenvalue weighted by Crippen LogP contribution is 2.20. The Morgan fingerprint density at radius 3 is 2.52 bits per heavy atom. The zero-order valence-corrected chi connectivity index (χ0v) is 14.8. The fourth-order valence-electron chi connectivity index (χ4n) is 3.45. The van der Waals surface area contributed by atoms with Crippen LogP contribution in [0.4, 0.5) is 18.0 Å². The molecule has 1 saturated carbocycles. The van der Waals surface area contributed by atoms with Crippen LogP contribution < -0.4 is 5.32 Å². The largest absolute Gasteiger partial charge is 0.401 e. The summed E-state index contributed by atoms with van der Waals surface area (Å²) in [7, 11) is 0. The maximum atomic E-state index is 12.5. The predicted molar refractivity (Wildman–Crippen MR) is 89.5 cm³/mol. The van der Waals surface area contributed by atoms with E-state index in [1.165, 1.54) is 24.2 Å². The van der Waals surface area contributed by atoms with Crippen molar-refractivity contribution in [2.75, 3.05) is 45.9 Å². The van der Waals surface area contributed by atoms with Crippen LogP contribution in [0.2, 0.25) is 0 Å². The van der Waals surface area contributed by atoms with E-state index in [2.05, 4.69) is 5.32 Å². The highest BCUT2D eigenvalue weighted by Gasteiger charge is 2.31. The molecule has 146 valence electrons. The van der Waals surface area contributed by atoms with Crippen molar-refractivity contribution in [2.45, 2.75) is 57.2 Å². The smallest absolute Gasteiger partial charge is 0.378 e. The number of nitrogens with one attached hydrogen (secondary N) is 1. The van der Waals surface area contributed by atoms with Crippen LogP contribution in [0, 0.1) is 0 Å². The quantitative estimate of drug-likeness (QED) is 0.736. The maximum Gasteiger partial charge on any atom is 0.401 e. The van der Waals surface area contributed by atoms with E-state index >= 15 is 0 Å². The molecule has 0 aromatic rings. The number of alkyl halides is 3. The molecule has 0 aromatic heterocycles. The van der Waals surface area contributed by atoms with Gasteiger partial charge in [-0.15, -0.1) is 0 Å². The fraction of sp³-hybridized carbons (Fsp3) is 0.941. The minimum absolute atomic E-state index is 0.188. The number of urea groups is 1. The Morgan fingerprint density at radius 1 is 1.04 bits per heavy atom. The molecule has 1 heterocycles. The lowest BCUT2D eigenvalue weighted by molar-refractivity contribution is -0.145. The molecule has 1 aliphatic heterocycles. The Hall–Kier alpha value is -1.02. The summed E-state index contributed by atoms with van der Waals surface area (Å²) in [4.78, 5) is 15.1. The van der Waals surface area contributed by atoms with Gasteiger partial charge in [0.25, 0.3) is 0 Å². The second-order valence-corrected chi connectivity index (χ2v) is 6.95. The van der Waals surface area contributed by atoms with E-state index in [1.54, 1.807) is 4.90 Å². The van der Waals surface area contributed by atoms with Crippen molar-refractivity contribution in [1.82, 2.24) is 15.1 Å². The van der Waals surface area contributed by atoms with Gasteiger partial charge in [0.15, 0.2) is 0 Å². The van der Waals surface area contributed by atoms with E-state index < -0.39 is 12.7 Å². The summed E-state index contributed by atoms with van der Waals surface area (Å²) in [6.45, 7) is 1.75. The molecule has 5 nitrogen and oxygen atoms in total. The molecule has 2 fully saturated rings. The molecule has 1 N–H and O–H groups in total. The van der Waals surface area contributed by atoms with Gasteiger partial charge in [-0.3, -0.25) is 4.90 Å².